The first-order chi connectivity index (χ1) is 15.6. The van der Waals surface area contributed by atoms with Gasteiger partial charge >= 0.3 is 0 Å². The van der Waals surface area contributed by atoms with E-state index in [0.717, 1.165) is 39.3 Å². The van der Waals surface area contributed by atoms with Crippen LogP contribution in [0.3, 0.4) is 0 Å². The summed E-state index contributed by atoms with van der Waals surface area (Å²) in [5.41, 5.74) is 5.62. The van der Waals surface area contributed by atoms with Gasteiger partial charge in [0.15, 0.2) is 0 Å². The van der Waals surface area contributed by atoms with Crippen LogP contribution in [-0.2, 0) is 13.0 Å². The van der Waals surface area contributed by atoms with E-state index < -0.39 is 0 Å². The number of phenols is 1. The van der Waals surface area contributed by atoms with Crippen molar-refractivity contribution in [3.8, 4) is 5.75 Å². The molecule has 0 aliphatic carbocycles. The Labute approximate surface area is 191 Å². The summed E-state index contributed by atoms with van der Waals surface area (Å²) in [5.74, 6) is 1.48. The second-order valence-corrected chi connectivity index (χ2v) is 8.21. The highest BCUT2D eigenvalue weighted by Crippen LogP contribution is 2.42. The standard InChI is InChI=1S/C27H21ClN2O2/c1-18-24-14-22(31)11-12-26(24)30(16-20-7-9-21(28)10-8-20)17-25(18)27-29-15-23(32-27)13-19-5-3-2-4-6-19/h2-12,14-15,17,31H,1,13,16H2. The summed E-state index contributed by atoms with van der Waals surface area (Å²) in [6, 6.07) is 23.2. The van der Waals surface area contributed by atoms with Gasteiger partial charge in [-0.2, -0.15) is 0 Å². The van der Waals surface area contributed by atoms with Crippen LogP contribution in [0.25, 0.3) is 11.1 Å². The van der Waals surface area contributed by atoms with Crippen LogP contribution in [0.15, 0.2) is 96.2 Å². The molecule has 1 aliphatic heterocycles. The van der Waals surface area contributed by atoms with Crippen LogP contribution < -0.4 is 4.90 Å². The molecule has 1 aliphatic rings. The number of aromatic nitrogens is 1. The van der Waals surface area contributed by atoms with Gasteiger partial charge in [-0.25, -0.2) is 4.98 Å². The molecule has 0 amide bonds. The van der Waals surface area contributed by atoms with Crippen molar-refractivity contribution in [2.75, 3.05) is 4.90 Å². The molecular weight excluding hydrogens is 420 g/mol. The van der Waals surface area contributed by atoms with Crippen molar-refractivity contribution >= 4 is 28.4 Å². The largest absolute Gasteiger partial charge is 0.508 e. The number of rotatable bonds is 5. The first-order valence-electron chi connectivity index (χ1n) is 10.3. The van der Waals surface area contributed by atoms with Gasteiger partial charge in [-0.3, -0.25) is 0 Å². The molecule has 0 unspecified atom stereocenters. The maximum Gasteiger partial charge on any atom is 0.228 e. The molecule has 0 radical (unpaired) electrons. The quantitative estimate of drug-likeness (QED) is 0.375. The number of hydrogen-bond donors (Lipinski definition) is 1. The molecule has 4 nitrogen and oxygen atoms in total. The molecule has 0 bridgehead atoms. The lowest BCUT2D eigenvalue weighted by Gasteiger charge is -2.30. The Kier molecular flexibility index (Phi) is 5.29. The van der Waals surface area contributed by atoms with Crippen molar-refractivity contribution < 1.29 is 9.52 Å². The smallest absolute Gasteiger partial charge is 0.228 e. The van der Waals surface area contributed by atoms with Gasteiger partial charge in [0, 0.05) is 35.4 Å². The Hall–Kier alpha value is -3.76. The van der Waals surface area contributed by atoms with Crippen molar-refractivity contribution in [3.05, 3.63) is 125 Å². The number of allylic oxidation sites excluding steroid dienone is 2. The van der Waals surface area contributed by atoms with Crippen LogP contribution in [0.1, 0.15) is 28.3 Å². The minimum atomic E-state index is 0.190. The SMILES string of the molecule is C=C1C(c2ncc(Cc3ccccc3)o2)=CN(Cc2ccc(Cl)cc2)c2ccc(O)cc21. The topological polar surface area (TPSA) is 49.5 Å². The molecule has 1 N–H and O–H groups in total. The van der Waals surface area contributed by atoms with Crippen molar-refractivity contribution in [1.82, 2.24) is 4.98 Å². The number of phenolic OH excluding ortho intramolecular Hbond substituents is 1. The third-order valence-electron chi connectivity index (χ3n) is 5.50. The van der Waals surface area contributed by atoms with Crippen LogP contribution >= 0.6 is 11.6 Å². The molecule has 5 rings (SSSR count). The van der Waals surface area contributed by atoms with E-state index in [1.165, 1.54) is 0 Å². The molecule has 1 aromatic heterocycles. The highest BCUT2D eigenvalue weighted by Gasteiger charge is 2.25. The Morgan fingerprint density at radius 2 is 1.75 bits per heavy atom. The van der Waals surface area contributed by atoms with E-state index in [1.807, 2.05) is 54.7 Å². The predicted octanol–water partition coefficient (Wildman–Crippen LogP) is 6.70. The fourth-order valence-electron chi connectivity index (χ4n) is 3.88. The Bertz CT molecular complexity index is 1310. The Morgan fingerprint density at radius 3 is 2.53 bits per heavy atom. The molecule has 32 heavy (non-hydrogen) atoms. The summed E-state index contributed by atoms with van der Waals surface area (Å²) < 4.78 is 6.11. The van der Waals surface area contributed by atoms with Crippen molar-refractivity contribution in [2.45, 2.75) is 13.0 Å². The highest BCUT2D eigenvalue weighted by atomic mass is 35.5. The Morgan fingerprint density at radius 1 is 0.969 bits per heavy atom. The normalized spacial score (nSPS) is 13.1. The van der Waals surface area contributed by atoms with Crippen LogP contribution in [-0.4, -0.2) is 10.1 Å². The number of benzene rings is 3. The maximum absolute atomic E-state index is 10.1. The molecule has 158 valence electrons. The molecule has 3 aromatic carbocycles. The summed E-state index contributed by atoms with van der Waals surface area (Å²) in [5, 5.41) is 10.8. The lowest BCUT2D eigenvalue weighted by atomic mass is 9.94. The van der Waals surface area contributed by atoms with Gasteiger partial charge in [0.25, 0.3) is 0 Å². The van der Waals surface area contributed by atoms with E-state index in [1.54, 1.807) is 18.3 Å². The molecular formula is C27H21ClN2O2. The average molecular weight is 441 g/mol. The maximum atomic E-state index is 10.1. The summed E-state index contributed by atoms with van der Waals surface area (Å²) in [4.78, 5) is 6.65. The highest BCUT2D eigenvalue weighted by molar-refractivity contribution is 6.30. The average Bonchev–Trinajstić information content (AvgIpc) is 3.26. The van der Waals surface area contributed by atoms with E-state index in [4.69, 9.17) is 16.0 Å². The number of fused-ring (bicyclic) bond motifs is 1. The van der Waals surface area contributed by atoms with E-state index in [9.17, 15) is 5.11 Å². The van der Waals surface area contributed by atoms with E-state index in [0.29, 0.717) is 23.9 Å². The molecule has 0 saturated carbocycles. The van der Waals surface area contributed by atoms with Crippen molar-refractivity contribution in [3.63, 3.8) is 0 Å². The van der Waals surface area contributed by atoms with Crippen LogP contribution in [0.5, 0.6) is 5.75 Å². The van der Waals surface area contributed by atoms with E-state index in [-0.39, 0.29) is 5.75 Å². The summed E-state index contributed by atoms with van der Waals surface area (Å²) in [7, 11) is 0. The lowest BCUT2D eigenvalue weighted by Crippen LogP contribution is -2.21. The number of halogens is 1. The van der Waals surface area contributed by atoms with Gasteiger partial charge in [0.2, 0.25) is 5.89 Å². The number of hydrogen-bond acceptors (Lipinski definition) is 4. The fourth-order valence-corrected chi connectivity index (χ4v) is 4.00. The molecule has 0 saturated heterocycles. The van der Waals surface area contributed by atoms with Gasteiger partial charge in [-0.05, 0) is 47.0 Å². The van der Waals surface area contributed by atoms with Crippen LogP contribution in [0.2, 0.25) is 5.02 Å². The lowest BCUT2D eigenvalue weighted by molar-refractivity contribution is 0.475. The second-order valence-electron chi connectivity index (χ2n) is 7.77. The zero-order valence-electron chi connectivity index (χ0n) is 17.3. The molecule has 0 spiro atoms. The van der Waals surface area contributed by atoms with E-state index in [2.05, 4.69) is 28.6 Å². The first kappa shape index (κ1) is 20.2. The van der Waals surface area contributed by atoms with Gasteiger partial charge in [-0.15, -0.1) is 0 Å². The third kappa shape index (κ3) is 4.05. The zero-order valence-corrected chi connectivity index (χ0v) is 18.1. The molecule has 2 heterocycles. The molecule has 0 atom stereocenters. The fraction of sp³-hybridized carbons (Fsp3) is 0.0741. The summed E-state index contributed by atoms with van der Waals surface area (Å²) in [6.07, 6.45) is 4.44. The van der Waals surface area contributed by atoms with Gasteiger partial charge in [0.1, 0.15) is 11.5 Å². The number of aromatic hydroxyl groups is 1. The third-order valence-corrected chi connectivity index (χ3v) is 5.75. The van der Waals surface area contributed by atoms with Crippen LogP contribution in [0.4, 0.5) is 5.69 Å². The van der Waals surface area contributed by atoms with Crippen molar-refractivity contribution in [1.29, 1.82) is 0 Å². The van der Waals surface area contributed by atoms with E-state index >= 15 is 0 Å². The minimum absolute atomic E-state index is 0.190. The van der Waals surface area contributed by atoms with Crippen molar-refractivity contribution in [2.24, 2.45) is 0 Å². The molecule has 4 aromatic rings. The number of nitrogens with zero attached hydrogens (tertiary/aromatic N) is 2. The Balaban J connectivity index is 1.50. The summed E-state index contributed by atoms with van der Waals surface area (Å²) in [6.45, 7) is 4.91. The number of anilines is 1. The van der Waals surface area contributed by atoms with Gasteiger partial charge in [0.05, 0.1) is 11.8 Å². The zero-order chi connectivity index (χ0) is 22.1. The summed E-state index contributed by atoms with van der Waals surface area (Å²) >= 11 is 6.05. The first-order valence-corrected chi connectivity index (χ1v) is 10.7. The second kappa shape index (κ2) is 8.40. The molecule has 0 fully saturated rings. The van der Waals surface area contributed by atoms with Crippen LogP contribution in [0, 0.1) is 0 Å². The predicted molar refractivity (Wildman–Crippen MR) is 129 cm³/mol. The minimum Gasteiger partial charge on any atom is -0.508 e. The monoisotopic (exact) mass is 440 g/mol. The van der Waals surface area contributed by atoms with Gasteiger partial charge < -0.3 is 14.4 Å². The van der Waals surface area contributed by atoms with Gasteiger partial charge in [-0.1, -0.05) is 60.6 Å². The number of oxazole rings is 1. The molecule has 5 heteroatoms.